The largest absolute Gasteiger partial charge is 0.348 e. The molecule has 3 aromatic rings. The third-order valence-electron chi connectivity index (χ3n) is 5.68. The molecule has 1 aliphatic rings. The second-order valence-corrected chi connectivity index (χ2v) is 10.4. The summed E-state index contributed by atoms with van der Waals surface area (Å²) >= 11 is 2.98. The number of carbonyl (C=O) groups excluding carboxylic acids is 1. The summed E-state index contributed by atoms with van der Waals surface area (Å²) in [4.78, 5) is 35.2. The maximum atomic E-state index is 13.5. The van der Waals surface area contributed by atoms with Gasteiger partial charge in [-0.25, -0.2) is 4.98 Å². The lowest BCUT2D eigenvalue weighted by Crippen LogP contribution is -2.28. The van der Waals surface area contributed by atoms with Crippen LogP contribution in [0.4, 0.5) is 0 Å². The summed E-state index contributed by atoms with van der Waals surface area (Å²) in [6.45, 7) is 6.46. The van der Waals surface area contributed by atoms with Crippen molar-refractivity contribution in [3.63, 3.8) is 0 Å². The highest BCUT2D eigenvalue weighted by molar-refractivity contribution is 8.00. The third-order valence-corrected chi connectivity index (χ3v) is 8.06. The summed E-state index contributed by atoms with van der Waals surface area (Å²) in [6.07, 6.45) is 4.75. The van der Waals surface area contributed by atoms with Gasteiger partial charge in [0.2, 0.25) is 5.91 Å². The lowest BCUT2D eigenvalue weighted by Gasteiger charge is -2.21. The van der Waals surface area contributed by atoms with Gasteiger partial charge in [0.1, 0.15) is 10.1 Å². The number of hydrogen-bond donors (Lipinski definition) is 0. The maximum absolute atomic E-state index is 13.5. The molecule has 0 saturated heterocycles. The Morgan fingerprint density at radius 3 is 2.81 bits per heavy atom. The number of likely N-dealkylation sites (N-methyl/N-ethyl adjacent to an activating group) is 1. The smallest absolute Gasteiger partial charge is 0.263 e. The van der Waals surface area contributed by atoms with E-state index in [9.17, 15) is 9.59 Å². The average molecular weight is 454 g/mol. The van der Waals surface area contributed by atoms with Gasteiger partial charge in [0.15, 0.2) is 5.16 Å². The summed E-state index contributed by atoms with van der Waals surface area (Å²) in [6, 6.07) is 9.67. The van der Waals surface area contributed by atoms with Gasteiger partial charge in [-0.3, -0.25) is 14.2 Å². The number of amides is 1. The highest BCUT2D eigenvalue weighted by Gasteiger charge is 2.28. The van der Waals surface area contributed by atoms with Crippen LogP contribution in [0, 0.1) is 5.92 Å². The molecule has 1 aliphatic carbocycles. The van der Waals surface area contributed by atoms with Crippen LogP contribution in [0.5, 0.6) is 0 Å². The number of rotatable bonds is 6. The van der Waals surface area contributed by atoms with Crippen LogP contribution in [0.2, 0.25) is 0 Å². The molecule has 0 unspecified atom stereocenters. The number of hydrogen-bond acceptors (Lipinski definition) is 5. The summed E-state index contributed by atoms with van der Waals surface area (Å²) < 4.78 is 1.67. The Kier molecular flexibility index (Phi) is 6.34. The van der Waals surface area contributed by atoms with Crippen LogP contribution in [0.3, 0.4) is 0 Å². The number of allylic oxidation sites excluding steroid dienone is 1. The van der Waals surface area contributed by atoms with Gasteiger partial charge in [0.25, 0.3) is 5.56 Å². The van der Waals surface area contributed by atoms with Crippen molar-refractivity contribution in [2.24, 2.45) is 5.92 Å². The van der Waals surface area contributed by atoms with E-state index in [1.165, 1.54) is 22.2 Å². The van der Waals surface area contributed by atoms with Crippen molar-refractivity contribution in [1.82, 2.24) is 14.5 Å². The van der Waals surface area contributed by atoms with Gasteiger partial charge >= 0.3 is 0 Å². The molecule has 7 heteroatoms. The lowest BCUT2D eigenvalue weighted by molar-refractivity contribution is -0.128. The Hall–Kier alpha value is -2.38. The van der Waals surface area contributed by atoms with Gasteiger partial charge in [0, 0.05) is 25.5 Å². The molecule has 2 aromatic heterocycles. The van der Waals surface area contributed by atoms with Crippen LogP contribution in [-0.2, 0) is 24.2 Å². The summed E-state index contributed by atoms with van der Waals surface area (Å²) in [7, 11) is 3.50. The first kappa shape index (κ1) is 21.8. The molecule has 1 amide bonds. The number of aryl methyl sites for hydroxylation is 1. The van der Waals surface area contributed by atoms with E-state index in [4.69, 9.17) is 4.98 Å². The Morgan fingerprint density at radius 2 is 2.13 bits per heavy atom. The standard InChI is InChI=1S/C24H27N3O2S2/c1-5-13-27-22(28)19-17-12-11-15(2)14-18(17)30-21(19)25-24(27)31-20(23(29)26(3)4)16-9-7-6-8-10-16/h5-10,15,20H,1,11-14H2,2-4H3/t15-,20-/m1/s1. The molecule has 0 N–H and O–H groups in total. The Labute approximate surface area is 190 Å². The number of nitrogens with zero attached hydrogens (tertiary/aromatic N) is 3. The monoisotopic (exact) mass is 453 g/mol. The van der Waals surface area contributed by atoms with Crippen LogP contribution in [0.25, 0.3) is 10.2 Å². The minimum Gasteiger partial charge on any atom is -0.348 e. The maximum Gasteiger partial charge on any atom is 0.263 e. The van der Waals surface area contributed by atoms with Gasteiger partial charge in [0.05, 0.1) is 5.39 Å². The minimum absolute atomic E-state index is 0.0245. The van der Waals surface area contributed by atoms with Crippen LogP contribution in [0.15, 0.2) is 52.9 Å². The van der Waals surface area contributed by atoms with Crippen LogP contribution in [0.1, 0.15) is 34.6 Å². The third kappa shape index (κ3) is 4.21. The van der Waals surface area contributed by atoms with E-state index in [1.54, 1.807) is 41.0 Å². The zero-order valence-electron chi connectivity index (χ0n) is 18.1. The minimum atomic E-state index is -0.480. The van der Waals surface area contributed by atoms with E-state index in [0.29, 0.717) is 17.6 Å². The number of fused-ring (bicyclic) bond motifs is 3. The van der Waals surface area contributed by atoms with Crippen LogP contribution >= 0.6 is 23.1 Å². The number of benzene rings is 1. The van der Waals surface area contributed by atoms with Crippen molar-refractivity contribution in [3.05, 3.63) is 69.3 Å². The van der Waals surface area contributed by atoms with Gasteiger partial charge in [-0.15, -0.1) is 17.9 Å². The van der Waals surface area contributed by atoms with Gasteiger partial charge in [-0.1, -0.05) is 55.1 Å². The van der Waals surface area contributed by atoms with Crippen molar-refractivity contribution in [2.75, 3.05) is 14.1 Å². The number of thioether (sulfide) groups is 1. The second kappa shape index (κ2) is 9.01. The molecule has 1 aromatic carbocycles. The average Bonchev–Trinajstić information content (AvgIpc) is 3.11. The Balaban J connectivity index is 1.85. The van der Waals surface area contributed by atoms with Gasteiger partial charge in [-0.05, 0) is 36.3 Å². The molecule has 2 heterocycles. The van der Waals surface area contributed by atoms with E-state index in [0.717, 1.165) is 35.0 Å². The molecule has 5 nitrogen and oxygen atoms in total. The number of carbonyl (C=O) groups is 1. The first-order valence-corrected chi connectivity index (χ1v) is 12.2. The highest BCUT2D eigenvalue weighted by Crippen LogP contribution is 2.39. The fraction of sp³-hybridized carbons (Fsp3) is 0.375. The summed E-state index contributed by atoms with van der Waals surface area (Å²) in [5.41, 5.74) is 2.04. The Morgan fingerprint density at radius 1 is 1.39 bits per heavy atom. The molecule has 4 rings (SSSR count). The zero-order chi connectivity index (χ0) is 22.1. The van der Waals surface area contributed by atoms with Crippen molar-refractivity contribution in [2.45, 2.75) is 43.1 Å². The SMILES string of the molecule is C=CCn1c(S[C@@H](C(=O)N(C)C)c2ccccc2)nc2sc3c(c2c1=O)CC[C@@H](C)C3. The van der Waals surface area contributed by atoms with Gasteiger partial charge in [-0.2, -0.15) is 0 Å². The molecular formula is C24H27N3O2S2. The molecular weight excluding hydrogens is 426 g/mol. The molecule has 0 fully saturated rings. The number of aromatic nitrogens is 2. The first-order valence-electron chi connectivity index (χ1n) is 10.5. The van der Waals surface area contributed by atoms with Crippen molar-refractivity contribution >= 4 is 39.2 Å². The predicted octanol–water partition coefficient (Wildman–Crippen LogP) is 4.69. The molecule has 0 spiro atoms. The Bertz CT molecular complexity index is 1180. The lowest BCUT2D eigenvalue weighted by atomic mass is 9.89. The summed E-state index contributed by atoms with van der Waals surface area (Å²) in [5, 5.41) is 0.840. The van der Waals surface area contributed by atoms with E-state index >= 15 is 0 Å². The predicted molar refractivity (Wildman–Crippen MR) is 129 cm³/mol. The molecule has 2 atom stereocenters. The van der Waals surface area contributed by atoms with E-state index in [-0.39, 0.29) is 11.5 Å². The molecule has 162 valence electrons. The topological polar surface area (TPSA) is 55.2 Å². The first-order chi connectivity index (χ1) is 14.9. The molecule has 0 bridgehead atoms. The molecule has 0 saturated carbocycles. The van der Waals surface area contributed by atoms with Gasteiger partial charge < -0.3 is 4.90 Å². The van der Waals surface area contributed by atoms with Crippen LogP contribution in [-0.4, -0.2) is 34.5 Å². The van der Waals surface area contributed by atoms with Crippen LogP contribution < -0.4 is 5.56 Å². The molecule has 0 radical (unpaired) electrons. The number of thiophene rings is 1. The highest BCUT2D eigenvalue weighted by atomic mass is 32.2. The summed E-state index contributed by atoms with van der Waals surface area (Å²) in [5.74, 6) is 0.597. The molecule has 31 heavy (non-hydrogen) atoms. The van der Waals surface area contributed by atoms with Crippen molar-refractivity contribution in [3.8, 4) is 0 Å². The van der Waals surface area contributed by atoms with E-state index in [2.05, 4.69) is 13.5 Å². The quantitative estimate of drug-likeness (QED) is 0.309. The zero-order valence-corrected chi connectivity index (χ0v) is 19.8. The van der Waals surface area contributed by atoms with E-state index in [1.807, 2.05) is 30.3 Å². The molecule has 0 aliphatic heterocycles. The second-order valence-electron chi connectivity index (χ2n) is 8.27. The van der Waals surface area contributed by atoms with E-state index < -0.39 is 5.25 Å². The normalized spacial score (nSPS) is 16.7. The van der Waals surface area contributed by atoms with Crippen molar-refractivity contribution < 1.29 is 4.79 Å². The van der Waals surface area contributed by atoms with Crippen molar-refractivity contribution in [1.29, 1.82) is 0 Å². The fourth-order valence-electron chi connectivity index (χ4n) is 4.01. The fourth-order valence-corrected chi connectivity index (χ4v) is 6.69.